The zero-order valence-electron chi connectivity index (χ0n) is 10.3. The second-order valence-corrected chi connectivity index (χ2v) is 4.09. The van der Waals surface area contributed by atoms with Crippen LogP contribution in [0.3, 0.4) is 0 Å². The summed E-state index contributed by atoms with van der Waals surface area (Å²) in [7, 11) is 0. The lowest BCUT2D eigenvalue weighted by molar-refractivity contribution is 0.0777. The maximum Gasteiger partial charge on any atom is 0.254 e. The van der Waals surface area contributed by atoms with Crippen molar-refractivity contribution >= 4 is 5.91 Å². The van der Waals surface area contributed by atoms with Crippen LogP contribution in [0.5, 0.6) is 0 Å². The SMILES string of the molecule is C=C(C)CN(CC)C(=O)c1ccccc1C. The van der Waals surface area contributed by atoms with Gasteiger partial charge in [-0.2, -0.15) is 0 Å². The number of nitrogens with zero attached hydrogens (tertiary/aromatic N) is 1. The third kappa shape index (κ3) is 2.96. The van der Waals surface area contributed by atoms with Gasteiger partial charge < -0.3 is 4.90 Å². The van der Waals surface area contributed by atoms with Crippen molar-refractivity contribution < 1.29 is 4.79 Å². The Morgan fingerprint density at radius 1 is 1.38 bits per heavy atom. The quantitative estimate of drug-likeness (QED) is 0.710. The predicted octanol–water partition coefficient (Wildman–Crippen LogP) is 3.03. The summed E-state index contributed by atoms with van der Waals surface area (Å²) < 4.78 is 0. The van der Waals surface area contributed by atoms with Gasteiger partial charge in [0.25, 0.3) is 5.91 Å². The number of amides is 1. The van der Waals surface area contributed by atoms with Gasteiger partial charge in [-0.25, -0.2) is 0 Å². The van der Waals surface area contributed by atoms with Crippen molar-refractivity contribution in [2.75, 3.05) is 13.1 Å². The van der Waals surface area contributed by atoms with Gasteiger partial charge in [-0.3, -0.25) is 4.79 Å². The first-order valence-corrected chi connectivity index (χ1v) is 5.55. The van der Waals surface area contributed by atoms with Crippen LogP contribution in [0.4, 0.5) is 0 Å². The van der Waals surface area contributed by atoms with E-state index in [1.165, 1.54) is 0 Å². The summed E-state index contributed by atoms with van der Waals surface area (Å²) in [5.74, 6) is 0.0867. The van der Waals surface area contributed by atoms with E-state index in [2.05, 4.69) is 6.58 Å². The molecular formula is C14H19NO. The van der Waals surface area contributed by atoms with Crippen LogP contribution in [0.2, 0.25) is 0 Å². The summed E-state index contributed by atoms with van der Waals surface area (Å²) in [5.41, 5.74) is 2.81. The number of benzene rings is 1. The molecule has 1 amide bonds. The molecule has 0 bridgehead atoms. The summed E-state index contributed by atoms with van der Waals surface area (Å²) in [4.78, 5) is 14.0. The second-order valence-electron chi connectivity index (χ2n) is 4.09. The number of carbonyl (C=O) groups is 1. The highest BCUT2D eigenvalue weighted by Crippen LogP contribution is 2.11. The summed E-state index contributed by atoms with van der Waals surface area (Å²) in [6.07, 6.45) is 0. The van der Waals surface area contributed by atoms with Gasteiger partial charge in [-0.1, -0.05) is 30.4 Å². The first kappa shape index (κ1) is 12.5. The average Bonchev–Trinajstić information content (AvgIpc) is 2.25. The molecule has 0 spiro atoms. The van der Waals surface area contributed by atoms with Crippen LogP contribution in [-0.4, -0.2) is 23.9 Å². The van der Waals surface area contributed by atoms with Gasteiger partial charge >= 0.3 is 0 Å². The number of hydrogen-bond donors (Lipinski definition) is 0. The molecule has 0 unspecified atom stereocenters. The number of carbonyl (C=O) groups excluding carboxylic acids is 1. The highest BCUT2D eigenvalue weighted by atomic mass is 16.2. The lowest BCUT2D eigenvalue weighted by atomic mass is 10.1. The molecule has 0 N–H and O–H groups in total. The number of aryl methyl sites for hydroxylation is 1. The number of rotatable bonds is 4. The smallest absolute Gasteiger partial charge is 0.254 e. The molecule has 0 atom stereocenters. The van der Waals surface area contributed by atoms with E-state index in [1.807, 2.05) is 49.9 Å². The van der Waals surface area contributed by atoms with Crippen LogP contribution in [0.15, 0.2) is 36.4 Å². The number of likely N-dealkylation sites (N-methyl/N-ethyl adjacent to an activating group) is 1. The fraction of sp³-hybridized carbons (Fsp3) is 0.357. The standard InChI is InChI=1S/C14H19NO/c1-5-15(10-11(2)3)14(16)13-9-7-6-8-12(13)4/h6-9H,2,5,10H2,1,3-4H3. The fourth-order valence-electron chi connectivity index (χ4n) is 1.64. The van der Waals surface area contributed by atoms with Crippen LogP contribution < -0.4 is 0 Å². The molecule has 0 saturated heterocycles. The van der Waals surface area contributed by atoms with E-state index in [0.717, 1.165) is 16.7 Å². The third-order valence-corrected chi connectivity index (χ3v) is 2.51. The van der Waals surface area contributed by atoms with Crippen molar-refractivity contribution in [2.45, 2.75) is 20.8 Å². The molecule has 2 nitrogen and oxygen atoms in total. The molecular weight excluding hydrogens is 198 g/mol. The molecule has 86 valence electrons. The molecule has 0 heterocycles. The van der Waals surface area contributed by atoms with E-state index in [1.54, 1.807) is 0 Å². The molecule has 0 saturated carbocycles. The minimum absolute atomic E-state index is 0.0867. The normalized spacial score (nSPS) is 9.94. The third-order valence-electron chi connectivity index (χ3n) is 2.51. The molecule has 0 aromatic heterocycles. The molecule has 0 aliphatic carbocycles. The van der Waals surface area contributed by atoms with Gasteiger partial charge in [0.15, 0.2) is 0 Å². The van der Waals surface area contributed by atoms with Crippen molar-refractivity contribution in [1.82, 2.24) is 4.90 Å². The van der Waals surface area contributed by atoms with Crippen LogP contribution >= 0.6 is 0 Å². The van der Waals surface area contributed by atoms with Gasteiger partial charge in [0, 0.05) is 18.7 Å². The largest absolute Gasteiger partial charge is 0.335 e. The Morgan fingerprint density at radius 2 is 2.00 bits per heavy atom. The molecule has 16 heavy (non-hydrogen) atoms. The van der Waals surface area contributed by atoms with Crippen molar-refractivity contribution in [3.05, 3.63) is 47.5 Å². The van der Waals surface area contributed by atoms with Gasteiger partial charge in [-0.05, 0) is 32.4 Å². The highest BCUT2D eigenvalue weighted by molar-refractivity contribution is 5.95. The molecule has 0 aliphatic heterocycles. The Kier molecular flexibility index (Phi) is 4.29. The lowest BCUT2D eigenvalue weighted by Gasteiger charge is -2.21. The summed E-state index contributed by atoms with van der Waals surface area (Å²) in [6, 6.07) is 7.68. The summed E-state index contributed by atoms with van der Waals surface area (Å²) >= 11 is 0. The fourth-order valence-corrected chi connectivity index (χ4v) is 1.64. The minimum Gasteiger partial charge on any atom is -0.335 e. The molecule has 1 aromatic rings. The van der Waals surface area contributed by atoms with Crippen molar-refractivity contribution in [2.24, 2.45) is 0 Å². The molecule has 1 aromatic carbocycles. The topological polar surface area (TPSA) is 20.3 Å². The Hall–Kier alpha value is -1.57. The van der Waals surface area contributed by atoms with Gasteiger partial charge in [0.2, 0.25) is 0 Å². The van der Waals surface area contributed by atoms with Crippen LogP contribution in [0.1, 0.15) is 29.8 Å². The molecule has 1 rings (SSSR count). The first-order valence-electron chi connectivity index (χ1n) is 5.55. The first-order chi connectivity index (χ1) is 7.56. The maximum atomic E-state index is 12.2. The van der Waals surface area contributed by atoms with Crippen LogP contribution in [-0.2, 0) is 0 Å². The van der Waals surface area contributed by atoms with Crippen molar-refractivity contribution in [3.63, 3.8) is 0 Å². The second kappa shape index (κ2) is 5.50. The summed E-state index contributed by atoms with van der Waals surface area (Å²) in [5, 5.41) is 0. The highest BCUT2D eigenvalue weighted by Gasteiger charge is 2.15. The van der Waals surface area contributed by atoms with Gasteiger partial charge in [0.05, 0.1) is 0 Å². The Labute approximate surface area is 97.6 Å². The molecule has 0 fully saturated rings. The van der Waals surface area contributed by atoms with E-state index in [4.69, 9.17) is 0 Å². The van der Waals surface area contributed by atoms with Gasteiger partial charge in [0.1, 0.15) is 0 Å². The maximum absolute atomic E-state index is 12.2. The number of hydrogen-bond acceptors (Lipinski definition) is 1. The zero-order valence-corrected chi connectivity index (χ0v) is 10.3. The molecule has 0 radical (unpaired) electrons. The zero-order chi connectivity index (χ0) is 12.1. The van der Waals surface area contributed by atoms with E-state index < -0.39 is 0 Å². The molecule has 2 heteroatoms. The van der Waals surface area contributed by atoms with E-state index >= 15 is 0 Å². The van der Waals surface area contributed by atoms with Crippen molar-refractivity contribution in [3.8, 4) is 0 Å². The van der Waals surface area contributed by atoms with Gasteiger partial charge in [-0.15, -0.1) is 0 Å². The predicted molar refractivity (Wildman–Crippen MR) is 67.6 cm³/mol. The van der Waals surface area contributed by atoms with E-state index in [0.29, 0.717) is 13.1 Å². The monoisotopic (exact) mass is 217 g/mol. The van der Waals surface area contributed by atoms with Crippen LogP contribution in [0.25, 0.3) is 0 Å². The van der Waals surface area contributed by atoms with Crippen molar-refractivity contribution in [1.29, 1.82) is 0 Å². The van der Waals surface area contributed by atoms with E-state index in [9.17, 15) is 4.79 Å². The minimum atomic E-state index is 0.0867. The molecule has 0 aliphatic rings. The van der Waals surface area contributed by atoms with E-state index in [-0.39, 0.29) is 5.91 Å². The summed E-state index contributed by atoms with van der Waals surface area (Å²) in [6.45, 7) is 11.1. The Balaban J connectivity index is 2.91. The lowest BCUT2D eigenvalue weighted by Crippen LogP contribution is -2.32. The van der Waals surface area contributed by atoms with Crippen LogP contribution in [0, 0.1) is 6.92 Å². The Bertz CT molecular complexity index is 395. The Morgan fingerprint density at radius 3 is 2.50 bits per heavy atom. The average molecular weight is 217 g/mol.